The van der Waals surface area contributed by atoms with E-state index in [1.165, 1.54) is 0 Å². The van der Waals surface area contributed by atoms with Crippen molar-refractivity contribution in [1.82, 2.24) is 4.98 Å². The van der Waals surface area contributed by atoms with Gasteiger partial charge in [0.1, 0.15) is 11.3 Å². The smallest absolute Gasteiger partial charge is 0.134 e. The molecule has 0 saturated heterocycles. The number of hydrogen-bond acceptors (Lipinski definition) is 4. The largest absolute Gasteiger partial charge is 0.459 e. The van der Waals surface area contributed by atoms with Crippen LogP contribution in [0.2, 0.25) is 0 Å². The van der Waals surface area contributed by atoms with Crippen LogP contribution in [-0.4, -0.2) is 4.98 Å². The average Bonchev–Trinajstić information content (AvgIpc) is 2.93. The first kappa shape index (κ1) is 10.5. The van der Waals surface area contributed by atoms with Crippen molar-refractivity contribution in [1.29, 1.82) is 0 Å². The number of benzene rings is 1. The molecular formula is C13H12N2OS. The maximum atomic E-state index is 6.20. The predicted octanol–water partition coefficient (Wildman–Crippen LogP) is 3.25. The quantitative estimate of drug-likeness (QED) is 0.752. The third kappa shape index (κ3) is 1.75. The fourth-order valence-electron chi connectivity index (χ4n) is 1.89. The Kier molecular flexibility index (Phi) is 2.46. The van der Waals surface area contributed by atoms with Gasteiger partial charge < -0.3 is 10.2 Å². The number of hydrogen-bond donors (Lipinski definition) is 1. The number of rotatable bonds is 2. The number of nitrogens with two attached hydrogens (primary N) is 1. The molecule has 3 aromatic rings. The van der Waals surface area contributed by atoms with Crippen LogP contribution < -0.4 is 5.73 Å². The molecule has 2 N–H and O–H groups in total. The fourth-order valence-corrected chi connectivity index (χ4v) is 2.70. The monoisotopic (exact) mass is 244 g/mol. The summed E-state index contributed by atoms with van der Waals surface area (Å²) >= 11 is 1.57. The summed E-state index contributed by atoms with van der Waals surface area (Å²) < 4.78 is 5.76. The normalized spacial score (nSPS) is 13.1. The molecule has 0 aliphatic heterocycles. The van der Waals surface area contributed by atoms with Crippen LogP contribution >= 0.6 is 11.3 Å². The van der Waals surface area contributed by atoms with E-state index < -0.39 is 0 Å². The minimum Gasteiger partial charge on any atom is -0.459 e. The molecule has 0 amide bonds. The zero-order chi connectivity index (χ0) is 11.8. The second-order valence-electron chi connectivity index (χ2n) is 3.97. The lowest BCUT2D eigenvalue weighted by atomic mass is 10.1. The van der Waals surface area contributed by atoms with E-state index in [2.05, 4.69) is 4.98 Å². The molecule has 1 atom stereocenters. The maximum absolute atomic E-state index is 6.20. The van der Waals surface area contributed by atoms with E-state index in [-0.39, 0.29) is 6.04 Å². The standard InChI is InChI=1S/C13H12N2OS/c1-8-13(17-7-15-8)12(14)11-6-9-4-2-3-5-10(9)16-11/h2-7,12H,14H2,1H3. The summed E-state index contributed by atoms with van der Waals surface area (Å²) in [4.78, 5) is 5.27. The summed E-state index contributed by atoms with van der Waals surface area (Å²) in [6.45, 7) is 1.97. The Balaban J connectivity index is 2.07. The Labute approximate surface area is 103 Å². The minimum absolute atomic E-state index is 0.227. The second-order valence-corrected chi connectivity index (χ2v) is 4.85. The lowest BCUT2D eigenvalue weighted by molar-refractivity contribution is 0.527. The van der Waals surface area contributed by atoms with Gasteiger partial charge in [0.15, 0.2) is 0 Å². The van der Waals surface area contributed by atoms with Crippen LogP contribution in [0.15, 0.2) is 40.3 Å². The molecule has 0 aliphatic carbocycles. The first-order valence-corrected chi connectivity index (χ1v) is 6.27. The van der Waals surface area contributed by atoms with E-state index in [0.717, 1.165) is 27.3 Å². The number of thiazole rings is 1. The summed E-state index contributed by atoms with van der Waals surface area (Å²) in [6.07, 6.45) is 0. The Morgan fingerprint density at radius 1 is 1.35 bits per heavy atom. The highest BCUT2D eigenvalue weighted by Crippen LogP contribution is 2.29. The van der Waals surface area contributed by atoms with Crippen LogP contribution in [0.5, 0.6) is 0 Å². The van der Waals surface area contributed by atoms with Crippen molar-refractivity contribution in [3.63, 3.8) is 0 Å². The highest BCUT2D eigenvalue weighted by atomic mass is 32.1. The molecule has 0 spiro atoms. The van der Waals surface area contributed by atoms with Crippen molar-refractivity contribution in [2.45, 2.75) is 13.0 Å². The summed E-state index contributed by atoms with van der Waals surface area (Å²) in [5.41, 5.74) is 9.86. The van der Waals surface area contributed by atoms with E-state index >= 15 is 0 Å². The van der Waals surface area contributed by atoms with Gasteiger partial charge in [0.2, 0.25) is 0 Å². The van der Waals surface area contributed by atoms with Crippen LogP contribution in [0.1, 0.15) is 22.4 Å². The Hall–Kier alpha value is -1.65. The molecule has 0 saturated carbocycles. The van der Waals surface area contributed by atoms with E-state index in [9.17, 15) is 0 Å². The first-order valence-electron chi connectivity index (χ1n) is 5.40. The van der Waals surface area contributed by atoms with E-state index in [4.69, 9.17) is 10.2 Å². The van der Waals surface area contributed by atoms with Crippen LogP contribution in [0, 0.1) is 6.92 Å². The van der Waals surface area contributed by atoms with Crippen LogP contribution in [-0.2, 0) is 0 Å². The second kappa shape index (κ2) is 3.98. The number of aromatic nitrogens is 1. The molecule has 2 aromatic heterocycles. The molecule has 0 radical (unpaired) electrons. The molecule has 4 heteroatoms. The van der Waals surface area contributed by atoms with Gasteiger partial charge in [0.05, 0.1) is 22.1 Å². The molecular weight excluding hydrogens is 232 g/mol. The summed E-state index contributed by atoms with van der Waals surface area (Å²) in [5, 5.41) is 1.08. The zero-order valence-corrected chi connectivity index (χ0v) is 10.2. The SMILES string of the molecule is Cc1ncsc1C(N)c1cc2ccccc2o1. The summed E-state index contributed by atoms with van der Waals surface area (Å²) in [5.74, 6) is 0.790. The Morgan fingerprint density at radius 2 is 2.18 bits per heavy atom. The minimum atomic E-state index is -0.227. The van der Waals surface area contributed by atoms with Gasteiger partial charge in [-0.2, -0.15) is 0 Å². The topological polar surface area (TPSA) is 52.0 Å². The number of nitrogens with zero attached hydrogens (tertiary/aromatic N) is 1. The molecule has 86 valence electrons. The number of para-hydroxylation sites is 1. The molecule has 0 fully saturated rings. The fraction of sp³-hybridized carbons (Fsp3) is 0.154. The van der Waals surface area contributed by atoms with Crippen molar-refractivity contribution in [3.05, 3.63) is 52.2 Å². The van der Waals surface area contributed by atoms with Gasteiger partial charge in [-0.05, 0) is 19.1 Å². The third-order valence-electron chi connectivity index (χ3n) is 2.82. The van der Waals surface area contributed by atoms with E-state index in [1.807, 2.05) is 42.8 Å². The number of aryl methyl sites for hydroxylation is 1. The third-order valence-corrected chi connectivity index (χ3v) is 3.83. The van der Waals surface area contributed by atoms with Crippen molar-refractivity contribution < 1.29 is 4.42 Å². The molecule has 0 bridgehead atoms. The molecule has 17 heavy (non-hydrogen) atoms. The summed E-state index contributed by atoms with van der Waals surface area (Å²) in [7, 11) is 0. The molecule has 2 heterocycles. The molecule has 1 aromatic carbocycles. The Bertz CT molecular complexity index is 623. The number of furan rings is 1. The van der Waals surface area contributed by atoms with Crippen LogP contribution in [0.4, 0.5) is 0 Å². The average molecular weight is 244 g/mol. The molecule has 0 aliphatic rings. The highest BCUT2D eigenvalue weighted by molar-refractivity contribution is 7.09. The van der Waals surface area contributed by atoms with E-state index in [0.29, 0.717) is 0 Å². The summed E-state index contributed by atoms with van der Waals surface area (Å²) in [6, 6.07) is 9.69. The van der Waals surface area contributed by atoms with Gasteiger partial charge >= 0.3 is 0 Å². The lowest BCUT2D eigenvalue weighted by Gasteiger charge is -2.06. The molecule has 1 unspecified atom stereocenters. The highest BCUT2D eigenvalue weighted by Gasteiger charge is 2.17. The van der Waals surface area contributed by atoms with Crippen molar-refractivity contribution in [2.24, 2.45) is 5.73 Å². The van der Waals surface area contributed by atoms with Gasteiger partial charge in [-0.3, -0.25) is 0 Å². The van der Waals surface area contributed by atoms with Gasteiger partial charge in [-0.15, -0.1) is 11.3 Å². The van der Waals surface area contributed by atoms with Gasteiger partial charge in [0.25, 0.3) is 0 Å². The van der Waals surface area contributed by atoms with Crippen molar-refractivity contribution in [3.8, 4) is 0 Å². The zero-order valence-electron chi connectivity index (χ0n) is 9.38. The van der Waals surface area contributed by atoms with Gasteiger partial charge in [-0.1, -0.05) is 18.2 Å². The molecule has 3 rings (SSSR count). The molecule has 3 nitrogen and oxygen atoms in total. The van der Waals surface area contributed by atoms with Crippen molar-refractivity contribution >= 4 is 22.3 Å². The maximum Gasteiger partial charge on any atom is 0.134 e. The van der Waals surface area contributed by atoms with Crippen molar-refractivity contribution in [2.75, 3.05) is 0 Å². The number of fused-ring (bicyclic) bond motifs is 1. The van der Waals surface area contributed by atoms with Gasteiger partial charge in [-0.25, -0.2) is 4.98 Å². The predicted molar refractivity (Wildman–Crippen MR) is 69.1 cm³/mol. The Morgan fingerprint density at radius 3 is 2.88 bits per heavy atom. The van der Waals surface area contributed by atoms with Gasteiger partial charge in [0, 0.05) is 5.39 Å². The lowest BCUT2D eigenvalue weighted by Crippen LogP contribution is -2.10. The first-order chi connectivity index (χ1) is 8.25. The van der Waals surface area contributed by atoms with Crippen LogP contribution in [0.3, 0.4) is 0 Å². The van der Waals surface area contributed by atoms with E-state index in [1.54, 1.807) is 11.3 Å². The van der Waals surface area contributed by atoms with Crippen LogP contribution in [0.25, 0.3) is 11.0 Å².